The maximum Gasteiger partial charge on any atom is 0.530 e. The van der Waals surface area contributed by atoms with Crippen molar-refractivity contribution < 1.29 is 14.3 Å². The van der Waals surface area contributed by atoms with Gasteiger partial charge in [0.25, 0.3) is 5.78 Å². The highest BCUT2D eigenvalue weighted by Crippen LogP contribution is 2.35. The minimum atomic E-state index is -2.32. The second kappa shape index (κ2) is 5.71. The third-order valence-electron chi connectivity index (χ3n) is 3.30. The summed E-state index contributed by atoms with van der Waals surface area (Å²) in [6.45, 7) is 4.45. The largest absolute Gasteiger partial charge is 0.530 e. The maximum atomic E-state index is 12.0. The zero-order valence-electron chi connectivity index (χ0n) is 9.80. The lowest BCUT2D eigenvalue weighted by Gasteiger charge is -2.24. The van der Waals surface area contributed by atoms with Crippen molar-refractivity contribution in [2.24, 2.45) is 11.7 Å². The fraction of sp³-hybridized carbons (Fsp3) is 0.900. The summed E-state index contributed by atoms with van der Waals surface area (Å²) in [5, 5.41) is 0. The Bertz CT molecular complexity index is 285. The van der Waals surface area contributed by atoms with E-state index in [1.807, 2.05) is 13.8 Å². The number of carbonyl (C=O) groups excluding carboxylic acids is 1. The fourth-order valence-electron chi connectivity index (χ4n) is 1.92. The normalized spacial score (nSPS) is 25.4. The Morgan fingerprint density at radius 3 is 2.81 bits per heavy atom. The Balaban J connectivity index is 2.69. The molecule has 0 spiro atoms. The van der Waals surface area contributed by atoms with E-state index < -0.39 is 19.9 Å². The Kier molecular flexibility index (Phi) is 4.84. The van der Waals surface area contributed by atoms with Crippen molar-refractivity contribution in [1.29, 1.82) is 0 Å². The van der Waals surface area contributed by atoms with Crippen LogP contribution in [0.5, 0.6) is 0 Å². The molecule has 5 nitrogen and oxygen atoms in total. The van der Waals surface area contributed by atoms with Gasteiger partial charge in [0.2, 0.25) is 5.91 Å². The van der Waals surface area contributed by atoms with Gasteiger partial charge in [-0.1, -0.05) is 20.3 Å². The van der Waals surface area contributed by atoms with Crippen molar-refractivity contribution in [2.45, 2.75) is 44.9 Å². The number of amides is 1. The Morgan fingerprint density at radius 1 is 1.69 bits per heavy atom. The van der Waals surface area contributed by atoms with E-state index in [0.29, 0.717) is 13.0 Å². The standard InChI is InChI=1S/C10H19N2O3P/c1-3-7(2)9(11)10(13)12-6-4-5-8(12)16(14)15/h7-9H,3-6,11H2,1-2H3/p+1/t7-,8+,9-/m0/s1. The van der Waals surface area contributed by atoms with Crippen LogP contribution in [0.1, 0.15) is 33.1 Å². The average molecular weight is 247 g/mol. The number of carbonyl (C=O) groups is 1. The molecule has 0 aromatic carbocycles. The summed E-state index contributed by atoms with van der Waals surface area (Å²) >= 11 is 0. The third-order valence-corrected chi connectivity index (χ3v) is 4.35. The molecule has 1 amide bonds. The summed E-state index contributed by atoms with van der Waals surface area (Å²) in [6, 6.07) is -0.555. The van der Waals surface area contributed by atoms with Crippen LogP contribution in [0, 0.1) is 5.92 Å². The van der Waals surface area contributed by atoms with Gasteiger partial charge in [-0.05, 0) is 16.9 Å². The number of likely N-dealkylation sites (tertiary alicyclic amines) is 1. The molecule has 1 rings (SSSR count). The molecule has 1 unspecified atom stereocenters. The molecule has 0 bridgehead atoms. The lowest BCUT2D eigenvalue weighted by atomic mass is 9.99. The summed E-state index contributed by atoms with van der Waals surface area (Å²) in [4.78, 5) is 22.6. The first-order valence-corrected chi connectivity index (χ1v) is 6.98. The topological polar surface area (TPSA) is 83.6 Å². The summed E-state index contributed by atoms with van der Waals surface area (Å²) in [7, 11) is -2.32. The first-order chi connectivity index (χ1) is 7.49. The van der Waals surface area contributed by atoms with Gasteiger partial charge in [0.15, 0.2) is 0 Å². The second-order valence-corrected chi connectivity index (χ2v) is 5.57. The van der Waals surface area contributed by atoms with Gasteiger partial charge in [0.05, 0.1) is 6.04 Å². The van der Waals surface area contributed by atoms with Crippen LogP contribution in [-0.4, -0.2) is 34.1 Å². The predicted molar refractivity (Wildman–Crippen MR) is 62.0 cm³/mol. The van der Waals surface area contributed by atoms with E-state index in [1.54, 1.807) is 0 Å². The van der Waals surface area contributed by atoms with Crippen molar-refractivity contribution in [2.75, 3.05) is 6.54 Å². The van der Waals surface area contributed by atoms with Crippen LogP contribution >= 0.6 is 8.03 Å². The Morgan fingerprint density at radius 2 is 2.31 bits per heavy atom. The molecule has 1 aliphatic rings. The minimum Gasteiger partial charge on any atom is -0.320 e. The molecule has 0 saturated carbocycles. The van der Waals surface area contributed by atoms with Crippen LogP contribution in [0.2, 0.25) is 0 Å². The summed E-state index contributed by atoms with van der Waals surface area (Å²) in [5.74, 6) is -0.614. The number of nitrogens with two attached hydrogens (primary N) is 1. The molecule has 0 aromatic rings. The van der Waals surface area contributed by atoms with Gasteiger partial charge in [-0.15, -0.1) is 0 Å². The highest BCUT2D eigenvalue weighted by Gasteiger charge is 2.43. The zero-order valence-corrected chi connectivity index (χ0v) is 10.7. The number of rotatable bonds is 4. The van der Waals surface area contributed by atoms with Crippen LogP contribution in [-0.2, 0) is 9.36 Å². The molecule has 1 saturated heterocycles. The number of hydrogen-bond acceptors (Lipinski definition) is 3. The van der Waals surface area contributed by atoms with Crippen LogP contribution in [0.15, 0.2) is 0 Å². The minimum absolute atomic E-state index is 0.102. The van der Waals surface area contributed by atoms with Gasteiger partial charge in [-0.2, -0.15) is 4.89 Å². The molecule has 0 aromatic heterocycles. The quantitative estimate of drug-likeness (QED) is 0.727. The number of nitrogens with zero attached hydrogens (tertiary/aromatic N) is 1. The van der Waals surface area contributed by atoms with Gasteiger partial charge in [-0.3, -0.25) is 9.69 Å². The van der Waals surface area contributed by atoms with Gasteiger partial charge < -0.3 is 5.73 Å². The lowest BCUT2D eigenvalue weighted by molar-refractivity contribution is -0.133. The second-order valence-electron chi connectivity index (χ2n) is 4.37. The first kappa shape index (κ1) is 13.6. The summed E-state index contributed by atoms with van der Waals surface area (Å²) in [5.41, 5.74) is 5.85. The number of hydrogen-bond donors (Lipinski definition) is 2. The van der Waals surface area contributed by atoms with Crippen LogP contribution < -0.4 is 5.73 Å². The molecule has 0 radical (unpaired) electrons. The summed E-state index contributed by atoms with van der Waals surface area (Å²) < 4.78 is 11.1. The molecule has 0 aliphatic carbocycles. The van der Waals surface area contributed by atoms with Crippen molar-refractivity contribution in [3.63, 3.8) is 0 Å². The highest BCUT2D eigenvalue weighted by atomic mass is 31.1. The van der Waals surface area contributed by atoms with E-state index in [4.69, 9.17) is 10.6 Å². The van der Waals surface area contributed by atoms with Gasteiger partial charge in [-0.25, -0.2) is 0 Å². The van der Waals surface area contributed by atoms with Gasteiger partial charge in [0.1, 0.15) is 0 Å². The predicted octanol–water partition coefficient (Wildman–Crippen LogP) is 1.04. The smallest absolute Gasteiger partial charge is 0.320 e. The molecule has 3 N–H and O–H groups in total. The molecule has 1 fully saturated rings. The van der Waals surface area contributed by atoms with Crippen molar-refractivity contribution in [3.05, 3.63) is 0 Å². The Hall–Kier alpha value is -0.510. The van der Waals surface area contributed by atoms with Crippen LogP contribution in [0.4, 0.5) is 0 Å². The molecular weight excluding hydrogens is 227 g/mol. The van der Waals surface area contributed by atoms with E-state index >= 15 is 0 Å². The van der Waals surface area contributed by atoms with Gasteiger partial charge in [0, 0.05) is 13.0 Å². The fourth-order valence-corrected chi connectivity index (χ4v) is 2.80. The van der Waals surface area contributed by atoms with E-state index in [9.17, 15) is 9.36 Å². The van der Waals surface area contributed by atoms with Crippen molar-refractivity contribution in [3.8, 4) is 0 Å². The van der Waals surface area contributed by atoms with Crippen LogP contribution in [0.3, 0.4) is 0 Å². The van der Waals surface area contributed by atoms with Gasteiger partial charge >= 0.3 is 8.03 Å². The molecule has 1 aliphatic heterocycles. The molecule has 6 heteroatoms. The third kappa shape index (κ3) is 2.78. The van der Waals surface area contributed by atoms with Crippen molar-refractivity contribution >= 4 is 13.9 Å². The van der Waals surface area contributed by atoms with E-state index in [0.717, 1.165) is 12.8 Å². The Labute approximate surface area is 96.9 Å². The van der Waals surface area contributed by atoms with E-state index in [-0.39, 0.29) is 11.8 Å². The van der Waals surface area contributed by atoms with E-state index in [1.165, 1.54) is 4.90 Å². The van der Waals surface area contributed by atoms with Crippen LogP contribution in [0.25, 0.3) is 0 Å². The monoisotopic (exact) mass is 247 g/mol. The lowest BCUT2D eigenvalue weighted by Crippen LogP contribution is -2.48. The molecule has 16 heavy (non-hydrogen) atoms. The molecule has 92 valence electrons. The summed E-state index contributed by atoms with van der Waals surface area (Å²) in [6.07, 6.45) is 2.21. The maximum absolute atomic E-state index is 12.0. The molecule has 1 heterocycles. The molecule has 4 atom stereocenters. The van der Waals surface area contributed by atoms with E-state index in [2.05, 4.69) is 0 Å². The van der Waals surface area contributed by atoms with Crippen molar-refractivity contribution in [1.82, 2.24) is 4.90 Å². The molecular formula is C10H20N2O3P+. The average Bonchev–Trinajstić information content (AvgIpc) is 2.74. The zero-order chi connectivity index (χ0) is 12.3. The highest BCUT2D eigenvalue weighted by molar-refractivity contribution is 7.38. The first-order valence-electron chi connectivity index (χ1n) is 5.70. The SMILES string of the molecule is CC[C@H](C)[C@H](N)C(=O)N1CCC[C@H]1[P+](=O)O.